The molecule has 1 aromatic carbocycles. The van der Waals surface area contributed by atoms with Gasteiger partial charge in [0.2, 0.25) is 0 Å². The Morgan fingerprint density at radius 1 is 1.03 bits per heavy atom. The minimum absolute atomic E-state index is 0.217. The Morgan fingerprint density at radius 2 is 1.83 bits per heavy atom. The number of nitrogens with one attached hydrogen (secondary N) is 1. The number of rotatable bonds is 3. The standard InChI is InChI=1S/C23H21N7/c24-12-18-21(16-8-10-26-11-9-16)29-23-19(14-28-30(23)22(18)25)17-6-7-20(27-13-17)15-4-2-1-3-5-15/h1-7,13-14,16,26H,8-11,25H2. The van der Waals surface area contributed by atoms with Crippen molar-refractivity contribution in [1.82, 2.24) is 24.9 Å². The van der Waals surface area contributed by atoms with E-state index in [4.69, 9.17) is 10.7 Å². The Balaban J connectivity index is 1.60. The molecule has 4 aromatic rings. The molecule has 7 heteroatoms. The largest absolute Gasteiger partial charge is 0.382 e. The lowest BCUT2D eigenvalue weighted by atomic mass is 9.91. The predicted molar refractivity (Wildman–Crippen MR) is 116 cm³/mol. The molecule has 0 saturated carbocycles. The summed E-state index contributed by atoms with van der Waals surface area (Å²) in [5, 5.41) is 17.5. The van der Waals surface area contributed by atoms with E-state index < -0.39 is 0 Å². The number of nitrogens with zero attached hydrogens (tertiary/aromatic N) is 5. The van der Waals surface area contributed by atoms with Crippen LogP contribution >= 0.6 is 0 Å². The van der Waals surface area contributed by atoms with Gasteiger partial charge in [0.1, 0.15) is 17.5 Å². The number of hydrogen-bond donors (Lipinski definition) is 2. The molecule has 0 aliphatic carbocycles. The molecule has 4 heterocycles. The highest BCUT2D eigenvalue weighted by molar-refractivity contribution is 5.79. The van der Waals surface area contributed by atoms with E-state index in [-0.39, 0.29) is 5.92 Å². The molecule has 1 saturated heterocycles. The summed E-state index contributed by atoms with van der Waals surface area (Å²) >= 11 is 0. The third-order valence-corrected chi connectivity index (χ3v) is 5.69. The molecule has 0 atom stereocenters. The third-order valence-electron chi connectivity index (χ3n) is 5.69. The summed E-state index contributed by atoms with van der Waals surface area (Å²) in [5.74, 6) is 0.561. The van der Waals surface area contributed by atoms with Crippen molar-refractivity contribution in [2.75, 3.05) is 18.8 Å². The van der Waals surface area contributed by atoms with Gasteiger partial charge in [-0.15, -0.1) is 0 Å². The molecule has 0 radical (unpaired) electrons. The zero-order chi connectivity index (χ0) is 20.5. The van der Waals surface area contributed by atoms with Crippen LogP contribution in [-0.4, -0.2) is 32.7 Å². The second-order valence-corrected chi connectivity index (χ2v) is 7.49. The van der Waals surface area contributed by atoms with E-state index in [1.165, 1.54) is 0 Å². The van der Waals surface area contributed by atoms with E-state index in [1.807, 2.05) is 48.7 Å². The number of anilines is 1. The number of nitriles is 1. The van der Waals surface area contributed by atoms with Crippen molar-refractivity contribution in [3.63, 3.8) is 0 Å². The van der Waals surface area contributed by atoms with E-state index in [0.717, 1.165) is 54.0 Å². The van der Waals surface area contributed by atoms with Crippen LogP contribution in [0.2, 0.25) is 0 Å². The van der Waals surface area contributed by atoms with Crippen LogP contribution in [0.15, 0.2) is 54.9 Å². The van der Waals surface area contributed by atoms with Crippen LogP contribution in [-0.2, 0) is 0 Å². The highest BCUT2D eigenvalue weighted by Gasteiger charge is 2.25. The maximum Gasteiger partial charge on any atom is 0.165 e. The molecule has 3 N–H and O–H groups in total. The summed E-state index contributed by atoms with van der Waals surface area (Å²) in [5.41, 5.74) is 12.0. The van der Waals surface area contributed by atoms with Crippen LogP contribution in [0, 0.1) is 11.3 Å². The quantitative estimate of drug-likeness (QED) is 0.551. The summed E-state index contributed by atoms with van der Waals surface area (Å²) in [4.78, 5) is 9.51. The first-order valence-electron chi connectivity index (χ1n) is 10.1. The van der Waals surface area contributed by atoms with Gasteiger partial charge in [-0.2, -0.15) is 14.9 Å². The van der Waals surface area contributed by atoms with Gasteiger partial charge < -0.3 is 11.1 Å². The molecular formula is C23H21N7. The summed E-state index contributed by atoms with van der Waals surface area (Å²) in [6, 6.07) is 16.3. The topological polar surface area (TPSA) is 105 Å². The highest BCUT2D eigenvalue weighted by Crippen LogP contribution is 2.33. The van der Waals surface area contributed by atoms with Crippen LogP contribution in [0.3, 0.4) is 0 Å². The highest BCUT2D eigenvalue weighted by atomic mass is 15.3. The van der Waals surface area contributed by atoms with Crippen molar-refractivity contribution < 1.29 is 0 Å². The van der Waals surface area contributed by atoms with Gasteiger partial charge in [-0.1, -0.05) is 36.4 Å². The molecule has 0 unspecified atom stereocenters. The van der Waals surface area contributed by atoms with Crippen LogP contribution in [0.5, 0.6) is 0 Å². The fourth-order valence-corrected chi connectivity index (χ4v) is 4.07. The van der Waals surface area contributed by atoms with Crippen LogP contribution in [0.25, 0.3) is 28.0 Å². The average molecular weight is 395 g/mol. The molecule has 7 nitrogen and oxygen atoms in total. The van der Waals surface area contributed by atoms with Gasteiger partial charge in [-0.25, -0.2) is 4.98 Å². The van der Waals surface area contributed by atoms with E-state index in [9.17, 15) is 5.26 Å². The van der Waals surface area contributed by atoms with Gasteiger partial charge in [-0.05, 0) is 32.0 Å². The van der Waals surface area contributed by atoms with Crippen molar-refractivity contribution in [3.05, 3.63) is 66.1 Å². The molecule has 3 aromatic heterocycles. The zero-order valence-electron chi connectivity index (χ0n) is 16.4. The molecule has 0 spiro atoms. The molecular weight excluding hydrogens is 374 g/mol. The fraction of sp³-hybridized carbons (Fsp3) is 0.217. The number of pyridine rings is 1. The molecule has 0 bridgehead atoms. The summed E-state index contributed by atoms with van der Waals surface area (Å²) in [7, 11) is 0. The number of benzene rings is 1. The normalized spacial score (nSPS) is 14.6. The minimum Gasteiger partial charge on any atom is -0.382 e. The van der Waals surface area contributed by atoms with Gasteiger partial charge >= 0.3 is 0 Å². The molecule has 0 amide bonds. The second kappa shape index (κ2) is 7.58. The van der Waals surface area contributed by atoms with Gasteiger partial charge in [0.15, 0.2) is 5.65 Å². The lowest BCUT2D eigenvalue weighted by Gasteiger charge is -2.23. The van der Waals surface area contributed by atoms with E-state index >= 15 is 0 Å². The lowest BCUT2D eigenvalue weighted by molar-refractivity contribution is 0.453. The molecule has 1 aliphatic rings. The Morgan fingerprint density at radius 3 is 2.53 bits per heavy atom. The van der Waals surface area contributed by atoms with Crippen LogP contribution < -0.4 is 11.1 Å². The van der Waals surface area contributed by atoms with Gasteiger partial charge in [0, 0.05) is 28.8 Å². The van der Waals surface area contributed by atoms with Gasteiger partial charge in [-0.3, -0.25) is 4.98 Å². The Hall–Kier alpha value is -3.76. The Labute approximate surface area is 174 Å². The fourth-order valence-electron chi connectivity index (χ4n) is 4.07. The summed E-state index contributed by atoms with van der Waals surface area (Å²) in [6.45, 7) is 1.83. The number of fused-ring (bicyclic) bond motifs is 1. The van der Waals surface area contributed by atoms with Crippen molar-refractivity contribution in [3.8, 4) is 28.5 Å². The van der Waals surface area contributed by atoms with Crippen molar-refractivity contribution >= 4 is 11.5 Å². The van der Waals surface area contributed by atoms with Crippen LogP contribution in [0.4, 0.5) is 5.82 Å². The number of nitrogens with two attached hydrogens (primary N) is 1. The number of aromatic nitrogens is 4. The number of hydrogen-bond acceptors (Lipinski definition) is 6. The van der Waals surface area contributed by atoms with E-state index in [0.29, 0.717) is 17.0 Å². The average Bonchev–Trinajstić information content (AvgIpc) is 3.25. The lowest BCUT2D eigenvalue weighted by Crippen LogP contribution is -2.28. The zero-order valence-corrected chi connectivity index (χ0v) is 16.4. The van der Waals surface area contributed by atoms with E-state index in [1.54, 1.807) is 10.7 Å². The predicted octanol–water partition coefficient (Wildman–Crippen LogP) is 3.38. The summed E-state index contributed by atoms with van der Waals surface area (Å²) in [6.07, 6.45) is 5.45. The van der Waals surface area contributed by atoms with Crippen molar-refractivity contribution in [1.29, 1.82) is 5.26 Å². The monoisotopic (exact) mass is 395 g/mol. The summed E-state index contributed by atoms with van der Waals surface area (Å²) < 4.78 is 1.56. The second-order valence-electron chi connectivity index (χ2n) is 7.49. The number of nitrogen functional groups attached to an aromatic ring is 1. The molecule has 1 aliphatic heterocycles. The van der Waals surface area contributed by atoms with Gasteiger partial charge in [0.05, 0.1) is 17.6 Å². The van der Waals surface area contributed by atoms with Crippen molar-refractivity contribution in [2.45, 2.75) is 18.8 Å². The Kier molecular flexibility index (Phi) is 4.62. The SMILES string of the molecule is N#Cc1c(C2CCNCC2)nc2c(-c3ccc(-c4ccccc4)nc3)cnn2c1N. The van der Waals surface area contributed by atoms with E-state index in [2.05, 4.69) is 21.5 Å². The molecule has 30 heavy (non-hydrogen) atoms. The molecule has 1 fully saturated rings. The van der Waals surface area contributed by atoms with Crippen LogP contribution in [0.1, 0.15) is 30.0 Å². The van der Waals surface area contributed by atoms with Gasteiger partial charge in [0.25, 0.3) is 0 Å². The third kappa shape index (κ3) is 3.08. The maximum absolute atomic E-state index is 9.72. The smallest absolute Gasteiger partial charge is 0.165 e. The first kappa shape index (κ1) is 18.3. The molecule has 5 rings (SSSR count). The molecule has 148 valence electrons. The first-order chi connectivity index (χ1) is 14.8. The maximum atomic E-state index is 9.72. The number of piperidine rings is 1. The van der Waals surface area contributed by atoms with Crippen molar-refractivity contribution in [2.24, 2.45) is 0 Å². The first-order valence-corrected chi connectivity index (χ1v) is 10.1. The minimum atomic E-state index is 0.217. The Bertz CT molecular complexity index is 1230.